The molecule has 78 valence electrons. The van der Waals surface area contributed by atoms with E-state index in [4.69, 9.17) is 5.11 Å². The molecule has 13 heavy (non-hydrogen) atoms. The molecule has 2 unspecified atom stereocenters. The molecule has 0 saturated carbocycles. The first-order valence-electron chi connectivity index (χ1n) is 4.94. The van der Waals surface area contributed by atoms with Gasteiger partial charge in [-0.3, -0.25) is 4.79 Å². The zero-order valence-electron chi connectivity index (χ0n) is 8.42. The molecule has 0 aromatic carbocycles. The molecule has 0 fully saturated rings. The summed E-state index contributed by atoms with van der Waals surface area (Å²) in [4.78, 5) is 10.4. The predicted octanol–water partition coefficient (Wildman–Crippen LogP) is 3.02. The summed E-state index contributed by atoms with van der Waals surface area (Å²) >= 11 is 0. The molecule has 0 saturated heterocycles. The van der Waals surface area contributed by atoms with Gasteiger partial charge in [0.1, 0.15) is 0 Å². The lowest BCUT2D eigenvalue weighted by Gasteiger charge is -2.06. The van der Waals surface area contributed by atoms with Gasteiger partial charge in [0.25, 0.3) is 0 Å². The van der Waals surface area contributed by atoms with E-state index in [0.717, 1.165) is 12.8 Å². The minimum absolute atomic E-state index is 0.292. The summed E-state index contributed by atoms with van der Waals surface area (Å²) in [5, 5.41) is 8.56. The lowest BCUT2D eigenvalue weighted by atomic mass is 10.0. The number of aliphatic carboxylic acids is 1. The normalized spacial score (nSPS) is 15.3. The highest BCUT2D eigenvalue weighted by atomic mass is 19.1. The van der Waals surface area contributed by atoms with Crippen LogP contribution in [0.2, 0.25) is 0 Å². The molecule has 0 rings (SSSR count). The molecule has 0 radical (unpaired) electrons. The fourth-order valence-electron chi connectivity index (χ4n) is 1.14. The molecule has 0 heterocycles. The molecule has 0 aromatic rings. The standard InChI is InChI=1S/C10H19FO2/c1-3-9(11)7-5-4-6-8(2)10(12)13/h8-9H,3-7H2,1-2H3,(H,12,13). The van der Waals surface area contributed by atoms with Gasteiger partial charge in [-0.25, -0.2) is 4.39 Å². The van der Waals surface area contributed by atoms with Crippen LogP contribution in [0.4, 0.5) is 4.39 Å². The smallest absolute Gasteiger partial charge is 0.306 e. The SMILES string of the molecule is CCC(F)CCCCC(C)C(=O)O. The highest BCUT2D eigenvalue weighted by Crippen LogP contribution is 2.13. The molecule has 3 heteroatoms. The number of carbonyl (C=O) groups is 1. The first kappa shape index (κ1) is 12.4. The number of hydrogen-bond donors (Lipinski definition) is 1. The van der Waals surface area contributed by atoms with Crippen LogP contribution >= 0.6 is 0 Å². The van der Waals surface area contributed by atoms with Crippen LogP contribution in [0, 0.1) is 5.92 Å². The second kappa shape index (κ2) is 6.87. The Hall–Kier alpha value is -0.600. The first-order chi connectivity index (χ1) is 6.07. The fourth-order valence-corrected chi connectivity index (χ4v) is 1.14. The summed E-state index contributed by atoms with van der Waals surface area (Å²) in [5.74, 6) is -1.05. The molecule has 0 spiro atoms. The van der Waals surface area contributed by atoms with E-state index in [1.165, 1.54) is 0 Å². The minimum Gasteiger partial charge on any atom is -0.481 e. The molecular formula is C10H19FO2. The molecule has 0 bridgehead atoms. The number of halogens is 1. The van der Waals surface area contributed by atoms with E-state index in [9.17, 15) is 9.18 Å². The van der Waals surface area contributed by atoms with Crippen molar-refractivity contribution in [2.24, 2.45) is 5.92 Å². The average Bonchev–Trinajstić information content (AvgIpc) is 2.11. The number of rotatable bonds is 7. The van der Waals surface area contributed by atoms with Crippen molar-refractivity contribution in [3.8, 4) is 0 Å². The van der Waals surface area contributed by atoms with Crippen LogP contribution in [0.3, 0.4) is 0 Å². The third kappa shape index (κ3) is 6.55. The Labute approximate surface area is 79.1 Å². The van der Waals surface area contributed by atoms with Crippen molar-refractivity contribution in [1.29, 1.82) is 0 Å². The van der Waals surface area contributed by atoms with E-state index >= 15 is 0 Å². The van der Waals surface area contributed by atoms with Gasteiger partial charge in [-0.2, -0.15) is 0 Å². The van der Waals surface area contributed by atoms with E-state index < -0.39 is 12.1 Å². The Morgan fingerprint density at radius 3 is 2.38 bits per heavy atom. The summed E-state index contributed by atoms with van der Waals surface area (Å²) in [7, 11) is 0. The Bertz CT molecular complexity index is 148. The maximum absolute atomic E-state index is 12.7. The van der Waals surface area contributed by atoms with Crippen molar-refractivity contribution in [2.75, 3.05) is 0 Å². The molecule has 1 N–H and O–H groups in total. The highest BCUT2D eigenvalue weighted by Gasteiger charge is 2.10. The number of hydrogen-bond acceptors (Lipinski definition) is 1. The molecular weight excluding hydrogens is 171 g/mol. The van der Waals surface area contributed by atoms with Gasteiger partial charge in [-0.15, -0.1) is 0 Å². The number of unbranched alkanes of at least 4 members (excludes halogenated alkanes) is 1. The lowest BCUT2D eigenvalue weighted by molar-refractivity contribution is -0.141. The third-order valence-electron chi connectivity index (χ3n) is 2.27. The number of carboxylic acid groups (broad SMARTS) is 1. The van der Waals surface area contributed by atoms with Gasteiger partial charge in [0, 0.05) is 0 Å². The zero-order chi connectivity index (χ0) is 10.3. The monoisotopic (exact) mass is 190 g/mol. The van der Waals surface area contributed by atoms with E-state index in [1.807, 2.05) is 6.92 Å². The van der Waals surface area contributed by atoms with Gasteiger partial charge < -0.3 is 5.11 Å². The van der Waals surface area contributed by atoms with Crippen LogP contribution in [0.5, 0.6) is 0 Å². The van der Waals surface area contributed by atoms with Gasteiger partial charge >= 0.3 is 5.97 Å². The Kier molecular flexibility index (Phi) is 6.55. The molecule has 2 atom stereocenters. The maximum atomic E-state index is 12.7. The lowest BCUT2D eigenvalue weighted by Crippen LogP contribution is -2.09. The van der Waals surface area contributed by atoms with Crippen molar-refractivity contribution in [3.05, 3.63) is 0 Å². The molecule has 0 aliphatic heterocycles. The van der Waals surface area contributed by atoms with E-state index in [-0.39, 0.29) is 5.92 Å². The summed E-state index contributed by atoms with van der Waals surface area (Å²) in [6, 6.07) is 0. The van der Waals surface area contributed by atoms with E-state index in [0.29, 0.717) is 19.3 Å². The van der Waals surface area contributed by atoms with Crippen LogP contribution in [0.25, 0.3) is 0 Å². The highest BCUT2D eigenvalue weighted by molar-refractivity contribution is 5.69. The maximum Gasteiger partial charge on any atom is 0.306 e. The first-order valence-corrected chi connectivity index (χ1v) is 4.94. The van der Waals surface area contributed by atoms with Gasteiger partial charge in [-0.1, -0.05) is 26.7 Å². The third-order valence-corrected chi connectivity index (χ3v) is 2.27. The van der Waals surface area contributed by atoms with Crippen LogP contribution in [-0.4, -0.2) is 17.2 Å². The summed E-state index contributed by atoms with van der Waals surface area (Å²) in [5.41, 5.74) is 0. The van der Waals surface area contributed by atoms with Crippen molar-refractivity contribution < 1.29 is 14.3 Å². The van der Waals surface area contributed by atoms with Gasteiger partial charge in [0.15, 0.2) is 0 Å². The predicted molar refractivity (Wildman–Crippen MR) is 50.5 cm³/mol. The van der Waals surface area contributed by atoms with Crippen LogP contribution < -0.4 is 0 Å². The van der Waals surface area contributed by atoms with Gasteiger partial charge in [-0.05, 0) is 19.3 Å². The molecule has 0 aliphatic carbocycles. The second-order valence-electron chi connectivity index (χ2n) is 3.53. The fraction of sp³-hybridized carbons (Fsp3) is 0.900. The Morgan fingerprint density at radius 1 is 1.38 bits per heavy atom. The summed E-state index contributed by atoms with van der Waals surface area (Å²) < 4.78 is 12.7. The van der Waals surface area contributed by atoms with Crippen LogP contribution in [0.1, 0.15) is 46.0 Å². The van der Waals surface area contributed by atoms with Crippen LogP contribution in [-0.2, 0) is 4.79 Å². The zero-order valence-corrected chi connectivity index (χ0v) is 8.42. The van der Waals surface area contributed by atoms with Gasteiger partial charge in [0.05, 0.1) is 12.1 Å². The van der Waals surface area contributed by atoms with Crippen molar-refractivity contribution >= 4 is 5.97 Å². The van der Waals surface area contributed by atoms with E-state index in [1.54, 1.807) is 6.92 Å². The summed E-state index contributed by atoms with van der Waals surface area (Å²) in [6.07, 6.45) is 2.70. The van der Waals surface area contributed by atoms with Gasteiger partial charge in [0.2, 0.25) is 0 Å². The second-order valence-corrected chi connectivity index (χ2v) is 3.53. The molecule has 0 aliphatic rings. The van der Waals surface area contributed by atoms with E-state index in [2.05, 4.69) is 0 Å². The van der Waals surface area contributed by atoms with Crippen LogP contribution in [0.15, 0.2) is 0 Å². The van der Waals surface area contributed by atoms with Crippen molar-refractivity contribution in [2.45, 2.75) is 52.1 Å². The summed E-state index contributed by atoms with van der Waals surface area (Å²) in [6.45, 7) is 3.51. The quantitative estimate of drug-likeness (QED) is 0.626. The molecule has 0 amide bonds. The Balaban J connectivity index is 3.30. The largest absolute Gasteiger partial charge is 0.481 e. The average molecular weight is 190 g/mol. The molecule has 2 nitrogen and oxygen atoms in total. The minimum atomic E-state index is -0.757. The topological polar surface area (TPSA) is 37.3 Å². The Morgan fingerprint density at radius 2 is 1.92 bits per heavy atom. The van der Waals surface area contributed by atoms with Crippen molar-refractivity contribution in [3.63, 3.8) is 0 Å². The number of alkyl halides is 1. The number of carboxylic acids is 1. The van der Waals surface area contributed by atoms with Crippen molar-refractivity contribution in [1.82, 2.24) is 0 Å². The molecule has 0 aromatic heterocycles.